The van der Waals surface area contributed by atoms with Crippen molar-refractivity contribution in [3.8, 4) is 0 Å². The van der Waals surface area contributed by atoms with Crippen LogP contribution in [0.3, 0.4) is 0 Å². The highest BCUT2D eigenvalue weighted by Gasteiger charge is 2.11. The Kier molecular flexibility index (Phi) is 4.67. The predicted molar refractivity (Wildman–Crippen MR) is 97.4 cm³/mol. The molecular formula is C20H18FNOS. The van der Waals surface area contributed by atoms with E-state index in [2.05, 4.69) is 18.0 Å². The fraction of sp³-hybridized carbons (Fsp3) is 0.200. The molecule has 3 aromatic rings. The van der Waals surface area contributed by atoms with E-state index < -0.39 is 0 Å². The SMILES string of the molecule is Cc1cc(C(=O)CSc2cc(C)c3cccc(C)c3n2)ccc1F. The monoisotopic (exact) mass is 339 g/mol. The third-order valence-corrected chi connectivity index (χ3v) is 4.97. The van der Waals surface area contributed by atoms with Gasteiger partial charge in [0.15, 0.2) is 5.78 Å². The fourth-order valence-electron chi connectivity index (χ4n) is 2.65. The quantitative estimate of drug-likeness (QED) is 0.479. The van der Waals surface area contributed by atoms with Gasteiger partial charge in [0.2, 0.25) is 0 Å². The minimum atomic E-state index is -0.290. The van der Waals surface area contributed by atoms with Gasteiger partial charge < -0.3 is 0 Å². The van der Waals surface area contributed by atoms with Gasteiger partial charge >= 0.3 is 0 Å². The predicted octanol–water partition coefficient (Wildman–Crippen LogP) is 5.27. The average molecular weight is 339 g/mol. The van der Waals surface area contributed by atoms with Crippen molar-refractivity contribution in [3.05, 3.63) is 70.5 Å². The van der Waals surface area contributed by atoms with Gasteiger partial charge in [-0.15, -0.1) is 0 Å². The van der Waals surface area contributed by atoms with Crippen LogP contribution in [-0.2, 0) is 0 Å². The topological polar surface area (TPSA) is 30.0 Å². The molecule has 0 amide bonds. The molecule has 0 saturated heterocycles. The van der Waals surface area contributed by atoms with Gasteiger partial charge in [-0.25, -0.2) is 9.37 Å². The van der Waals surface area contributed by atoms with Crippen LogP contribution in [0.15, 0.2) is 47.5 Å². The van der Waals surface area contributed by atoms with E-state index in [1.54, 1.807) is 13.0 Å². The number of ketones is 1. The zero-order valence-electron chi connectivity index (χ0n) is 13.9. The molecule has 3 rings (SSSR count). The van der Waals surface area contributed by atoms with E-state index in [0.717, 1.165) is 27.1 Å². The number of carbonyl (C=O) groups excluding carboxylic acids is 1. The minimum absolute atomic E-state index is 0.0209. The van der Waals surface area contributed by atoms with Crippen molar-refractivity contribution >= 4 is 28.4 Å². The largest absolute Gasteiger partial charge is 0.293 e. The number of hydrogen-bond donors (Lipinski definition) is 0. The molecule has 0 unspecified atom stereocenters. The van der Waals surface area contributed by atoms with E-state index in [4.69, 9.17) is 0 Å². The second-order valence-corrected chi connectivity index (χ2v) is 6.92. The van der Waals surface area contributed by atoms with Crippen LogP contribution in [0, 0.1) is 26.6 Å². The van der Waals surface area contributed by atoms with E-state index in [1.807, 2.05) is 25.1 Å². The van der Waals surface area contributed by atoms with Crippen LogP contribution in [0.5, 0.6) is 0 Å². The third-order valence-electron chi connectivity index (χ3n) is 4.06. The van der Waals surface area contributed by atoms with Crippen molar-refractivity contribution in [2.24, 2.45) is 0 Å². The summed E-state index contributed by atoms with van der Waals surface area (Å²) in [4.78, 5) is 17.0. The van der Waals surface area contributed by atoms with Gasteiger partial charge in [0, 0.05) is 10.9 Å². The molecule has 4 heteroatoms. The van der Waals surface area contributed by atoms with Crippen LogP contribution in [-0.4, -0.2) is 16.5 Å². The van der Waals surface area contributed by atoms with Crippen LogP contribution in [0.1, 0.15) is 27.0 Å². The van der Waals surface area contributed by atoms with Gasteiger partial charge in [0.05, 0.1) is 16.3 Å². The summed E-state index contributed by atoms with van der Waals surface area (Å²) in [5, 5.41) is 1.97. The van der Waals surface area contributed by atoms with E-state index in [0.29, 0.717) is 11.1 Å². The van der Waals surface area contributed by atoms with Crippen LogP contribution >= 0.6 is 11.8 Å². The van der Waals surface area contributed by atoms with Crippen molar-refractivity contribution in [2.75, 3.05) is 5.75 Å². The molecule has 122 valence electrons. The van der Waals surface area contributed by atoms with Crippen molar-refractivity contribution in [3.63, 3.8) is 0 Å². The Bertz CT molecular complexity index is 936. The maximum Gasteiger partial charge on any atom is 0.173 e. The molecule has 0 saturated carbocycles. The smallest absolute Gasteiger partial charge is 0.173 e. The molecule has 0 aliphatic carbocycles. The number of thioether (sulfide) groups is 1. The Morgan fingerprint density at radius 3 is 2.58 bits per heavy atom. The van der Waals surface area contributed by atoms with Crippen molar-refractivity contribution < 1.29 is 9.18 Å². The summed E-state index contributed by atoms with van der Waals surface area (Å²) in [7, 11) is 0. The van der Waals surface area contributed by atoms with Crippen LogP contribution in [0.4, 0.5) is 4.39 Å². The lowest BCUT2D eigenvalue weighted by molar-refractivity contribution is 0.102. The van der Waals surface area contributed by atoms with Crippen molar-refractivity contribution in [1.29, 1.82) is 0 Å². The maximum atomic E-state index is 13.3. The van der Waals surface area contributed by atoms with Crippen LogP contribution in [0.25, 0.3) is 10.9 Å². The highest BCUT2D eigenvalue weighted by atomic mass is 32.2. The van der Waals surface area contributed by atoms with Gasteiger partial charge in [-0.2, -0.15) is 0 Å². The molecule has 0 radical (unpaired) electrons. The summed E-state index contributed by atoms with van der Waals surface area (Å²) < 4.78 is 13.3. The lowest BCUT2D eigenvalue weighted by Gasteiger charge is -2.08. The zero-order chi connectivity index (χ0) is 17.3. The number of hydrogen-bond acceptors (Lipinski definition) is 3. The first-order chi connectivity index (χ1) is 11.5. The molecule has 0 bridgehead atoms. The molecular weight excluding hydrogens is 321 g/mol. The molecule has 1 aromatic heterocycles. The van der Waals surface area contributed by atoms with E-state index in [9.17, 15) is 9.18 Å². The number of pyridine rings is 1. The number of Topliss-reactive ketones (excluding diaryl/α,β-unsaturated/α-hetero) is 1. The molecule has 0 atom stereocenters. The Hall–Kier alpha value is -2.20. The first-order valence-electron chi connectivity index (χ1n) is 7.75. The molecule has 0 N–H and O–H groups in total. The van der Waals surface area contributed by atoms with Gasteiger partial charge in [0.25, 0.3) is 0 Å². The normalized spacial score (nSPS) is 11.0. The molecule has 2 aromatic carbocycles. The number of halogens is 1. The van der Waals surface area contributed by atoms with Crippen LogP contribution < -0.4 is 0 Å². The minimum Gasteiger partial charge on any atom is -0.293 e. The number of aryl methyl sites for hydroxylation is 3. The number of nitrogens with zero attached hydrogens (tertiary/aromatic N) is 1. The second kappa shape index (κ2) is 6.73. The maximum absolute atomic E-state index is 13.3. The number of rotatable bonds is 4. The van der Waals surface area contributed by atoms with E-state index >= 15 is 0 Å². The zero-order valence-corrected chi connectivity index (χ0v) is 14.7. The van der Waals surface area contributed by atoms with E-state index in [-0.39, 0.29) is 17.4 Å². The van der Waals surface area contributed by atoms with Gasteiger partial charge in [-0.3, -0.25) is 4.79 Å². The van der Waals surface area contributed by atoms with Gasteiger partial charge in [-0.05, 0) is 61.7 Å². The molecule has 0 aliphatic heterocycles. The lowest BCUT2D eigenvalue weighted by Crippen LogP contribution is -2.04. The number of carbonyl (C=O) groups is 1. The highest BCUT2D eigenvalue weighted by molar-refractivity contribution is 7.99. The number of fused-ring (bicyclic) bond motifs is 1. The molecule has 24 heavy (non-hydrogen) atoms. The van der Waals surface area contributed by atoms with Gasteiger partial charge in [-0.1, -0.05) is 30.0 Å². The summed E-state index contributed by atoms with van der Waals surface area (Å²) in [5.74, 6) is -0.0246. The highest BCUT2D eigenvalue weighted by Crippen LogP contribution is 2.26. The Balaban J connectivity index is 1.81. The van der Waals surface area contributed by atoms with E-state index in [1.165, 1.54) is 23.9 Å². The fourth-order valence-corrected chi connectivity index (χ4v) is 3.51. The number of benzene rings is 2. The molecule has 0 spiro atoms. The summed E-state index contributed by atoms with van der Waals surface area (Å²) in [5.41, 5.74) is 4.27. The first-order valence-corrected chi connectivity index (χ1v) is 8.73. The average Bonchev–Trinajstić information content (AvgIpc) is 2.56. The van der Waals surface area contributed by atoms with Crippen LogP contribution in [0.2, 0.25) is 0 Å². The van der Waals surface area contributed by atoms with Crippen molar-refractivity contribution in [2.45, 2.75) is 25.8 Å². The van der Waals surface area contributed by atoms with Gasteiger partial charge in [0.1, 0.15) is 5.82 Å². The second-order valence-electron chi connectivity index (χ2n) is 5.92. The third kappa shape index (κ3) is 3.34. The summed E-state index contributed by atoms with van der Waals surface area (Å²) in [6, 6.07) is 12.6. The standard InChI is InChI=1S/C20H18FNOS/c1-12-5-4-6-16-13(2)10-19(22-20(12)16)24-11-18(23)15-7-8-17(21)14(3)9-15/h4-10H,11H2,1-3H3. The van der Waals surface area contributed by atoms with Crippen molar-refractivity contribution in [1.82, 2.24) is 4.98 Å². The Morgan fingerprint density at radius 2 is 1.83 bits per heavy atom. The Labute approximate surface area is 145 Å². The molecule has 0 fully saturated rings. The summed E-state index contributed by atoms with van der Waals surface area (Å²) >= 11 is 1.42. The number of para-hydroxylation sites is 1. The number of aromatic nitrogens is 1. The molecule has 2 nitrogen and oxygen atoms in total. The first kappa shape index (κ1) is 16.7. The summed E-state index contributed by atoms with van der Waals surface area (Å²) in [6.07, 6.45) is 0. The summed E-state index contributed by atoms with van der Waals surface area (Å²) in [6.45, 7) is 5.75. The Morgan fingerprint density at radius 1 is 1.04 bits per heavy atom. The molecule has 0 aliphatic rings. The lowest BCUT2D eigenvalue weighted by atomic mass is 10.1. The molecule has 1 heterocycles.